The number of benzene rings is 1. The first-order valence-corrected chi connectivity index (χ1v) is 6.39. The van der Waals surface area contributed by atoms with Gasteiger partial charge in [0.15, 0.2) is 0 Å². The minimum Gasteiger partial charge on any atom is -0.353 e. The first kappa shape index (κ1) is 12.2. The summed E-state index contributed by atoms with van der Waals surface area (Å²) in [4.78, 5) is 11.9. The van der Waals surface area contributed by atoms with E-state index >= 15 is 0 Å². The van der Waals surface area contributed by atoms with E-state index in [-0.39, 0.29) is 5.91 Å². The molecule has 1 amide bonds. The van der Waals surface area contributed by atoms with Gasteiger partial charge in [0.25, 0.3) is 5.91 Å². The van der Waals surface area contributed by atoms with Crippen molar-refractivity contribution in [2.24, 2.45) is 7.05 Å². The highest BCUT2D eigenvalue weighted by molar-refractivity contribution is 14.1. The Labute approximate surface area is 114 Å². The normalized spacial score (nSPS) is 10.2. The number of nitrogens with zero attached hydrogens (tertiary/aromatic N) is 1. The highest BCUT2D eigenvalue weighted by Crippen LogP contribution is 2.11. The number of rotatable bonds is 3. The molecule has 2 aromatic rings. The maximum Gasteiger partial charge on any atom is 0.252 e. The van der Waals surface area contributed by atoms with Crippen LogP contribution in [0.3, 0.4) is 0 Å². The molecule has 3 nitrogen and oxygen atoms in total. The molecular weight excluding hydrogens is 327 g/mol. The third-order valence-corrected chi connectivity index (χ3v) is 3.54. The zero-order valence-electron chi connectivity index (χ0n) is 9.48. The lowest BCUT2D eigenvalue weighted by Gasteiger charge is -2.07. The fourth-order valence-corrected chi connectivity index (χ4v) is 2.22. The Morgan fingerprint density at radius 2 is 2.06 bits per heavy atom. The molecule has 0 fully saturated rings. The average Bonchev–Trinajstić information content (AvgIpc) is 2.72. The van der Waals surface area contributed by atoms with Gasteiger partial charge in [0.2, 0.25) is 0 Å². The van der Waals surface area contributed by atoms with Crippen molar-refractivity contribution in [3.8, 4) is 0 Å². The number of hydrogen-bond acceptors (Lipinski definition) is 1. The Morgan fingerprint density at radius 3 is 2.71 bits per heavy atom. The monoisotopic (exact) mass is 340 g/mol. The summed E-state index contributed by atoms with van der Waals surface area (Å²) in [5.74, 6) is -0.0313. The summed E-state index contributed by atoms with van der Waals surface area (Å²) in [6.45, 7) is 0.549. The lowest BCUT2D eigenvalue weighted by atomic mass is 10.2. The van der Waals surface area contributed by atoms with Gasteiger partial charge in [-0.2, -0.15) is 0 Å². The van der Waals surface area contributed by atoms with Crippen LogP contribution in [0.5, 0.6) is 0 Å². The molecule has 0 aliphatic rings. The van der Waals surface area contributed by atoms with Gasteiger partial charge in [-0.3, -0.25) is 4.79 Å². The number of hydrogen-bond donors (Lipinski definition) is 1. The number of carbonyl (C=O) groups is 1. The minimum absolute atomic E-state index is 0.0313. The van der Waals surface area contributed by atoms with E-state index in [4.69, 9.17) is 0 Å². The quantitative estimate of drug-likeness (QED) is 0.857. The fraction of sp³-hybridized carbons (Fsp3) is 0.154. The SMILES string of the molecule is Cn1cccc1CNC(=O)c1ccccc1I. The van der Waals surface area contributed by atoms with Crippen LogP contribution >= 0.6 is 22.6 Å². The van der Waals surface area contributed by atoms with E-state index in [0.29, 0.717) is 6.54 Å². The van der Waals surface area contributed by atoms with Gasteiger partial charge in [-0.1, -0.05) is 12.1 Å². The molecule has 0 saturated heterocycles. The molecule has 0 saturated carbocycles. The molecular formula is C13H13IN2O. The predicted molar refractivity (Wildman–Crippen MR) is 75.7 cm³/mol. The van der Waals surface area contributed by atoms with E-state index in [1.54, 1.807) is 0 Å². The smallest absolute Gasteiger partial charge is 0.252 e. The molecule has 0 atom stereocenters. The summed E-state index contributed by atoms with van der Waals surface area (Å²) in [5.41, 5.74) is 1.81. The first-order chi connectivity index (χ1) is 8.18. The van der Waals surface area contributed by atoms with E-state index in [1.165, 1.54) is 0 Å². The van der Waals surface area contributed by atoms with E-state index in [9.17, 15) is 4.79 Å². The molecule has 1 aromatic heterocycles. The lowest BCUT2D eigenvalue weighted by molar-refractivity contribution is 0.0949. The van der Waals surface area contributed by atoms with Crippen LogP contribution in [0.15, 0.2) is 42.6 Å². The largest absolute Gasteiger partial charge is 0.353 e. The molecule has 0 bridgehead atoms. The first-order valence-electron chi connectivity index (χ1n) is 5.31. The second kappa shape index (κ2) is 5.35. The van der Waals surface area contributed by atoms with Crippen LogP contribution in [0.1, 0.15) is 16.1 Å². The molecule has 88 valence electrons. The molecule has 1 heterocycles. The number of halogens is 1. The van der Waals surface area contributed by atoms with E-state index in [1.807, 2.05) is 54.2 Å². The van der Waals surface area contributed by atoms with Crippen molar-refractivity contribution in [3.05, 3.63) is 57.4 Å². The molecule has 1 N–H and O–H groups in total. The molecule has 17 heavy (non-hydrogen) atoms. The summed E-state index contributed by atoms with van der Waals surface area (Å²) < 4.78 is 2.96. The topological polar surface area (TPSA) is 34.0 Å². The highest BCUT2D eigenvalue weighted by atomic mass is 127. The molecule has 0 radical (unpaired) electrons. The summed E-state index contributed by atoms with van der Waals surface area (Å²) in [5, 5.41) is 2.92. The fourth-order valence-electron chi connectivity index (χ4n) is 1.59. The molecule has 0 spiro atoms. The van der Waals surface area contributed by atoms with Crippen molar-refractivity contribution in [2.75, 3.05) is 0 Å². The van der Waals surface area contributed by atoms with Crippen molar-refractivity contribution >= 4 is 28.5 Å². The Balaban J connectivity index is 2.04. The molecule has 0 unspecified atom stereocenters. The molecule has 1 aromatic carbocycles. The summed E-state index contributed by atoms with van der Waals surface area (Å²) in [6.07, 6.45) is 1.97. The van der Waals surface area contributed by atoms with Crippen LogP contribution in [-0.4, -0.2) is 10.5 Å². The van der Waals surface area contributed by atoms with Gasteiger partial charge in [-0.25, -0.2) is 0 Å². The summed E-state index contributed by atoms with van der Waals surface area (Å²) in [6, 6.07) is 11.5. The molecule has 2 rings (SSSR count). The average molecular weight is 340 g/mol. The second-order valence-corrected chi connectivity index (χ2v) is 4.94. The van der Waals surface area contributed by atoms with Crippen molar-refractivity contribution in [1.29, 1.82) is 0 Å². The van der Waals surface area contributed by atoms with Gasteiger partial charge in [0, 0.05) is 22.5 Å². The Hall–Kier alpha value is -1.30. The Bertz CT molecular complexity index is 534. The van der Waals surface area contributed by atoms with Crippen LogP contribution < -0.4 is 5.32 Å². The van der Waals surface area contributed by atoms with Gasteiger partial charge >= 0.3 is 0 Å². The number of amides is 1. The standard InChI is InChI=1S/C13H13IN2O/c1-16-8-4-5-10(16)9-15-13(17)11-6-2-3-7-12(11)14/h2-8H,9H2,1H3,(H,15,17). The van der Waals surface area contributed by atoms with Gasteiger partial charge < -0.3 is 9.88 Å². The summed E-state index contributed by atoms with van der Waals surface area (Å²) >= 11 is 2.17. The van der Waals surface area contributed by atoms with Crippen LogP contribution in [0, 0.1) is 3.57 Å². The van der Waals surface area contributed by atoms with E-state index in [0.717, 1.165) is 14.8 Å². The minimum atomic E-state index is -0.0313. The predicted octanol–water partition coefficient (Wildman–Crippen LogP) is 2.56. The molecule has 0 aliphatic heterocycles. The lowest BCUT2D eigenvalue weighted by Crippen LogP contribution is -2.24. The van der Waals surface area contributed by atoms with Crippen molar-refractivity contribution in [3.63, 3.8) is 0 Å². The van der Waals surface area contributed by atoms with Crippen LogP contribution in [-0.2, 0) is 13.6 Å². The molecule has 0 aliphatic carbocycles. The van der Waals surface area contributed by atoms with E-state index < -0.39 is 0 Å². The maximum absolute atomic E-state index is 11.9. The van der Waals surface area contributed by atoms with Gasteiger partial charge in [-0.05, 0) is 46.9 Å². The number of aromatic nitrogens is 1. The number of nitrogens with one attached hydrogen (secondary N) is 1. The Kier molecular flexibility index (Phi) is 3.83. The van der Waals surface area contributed by atoms with Gasteiger partial charge in [0.05, 0.1) is 12.1 Å². The Morgan fingerprint density at radius 1 is 1.29 bits per heavy atom. The third-order valence-electron chi connectivity index (χ3n) is 2.60. The second-order valence-electron chi connectivity index (χ2n) is 3.77. The van der Waals surface area contributed by atoms with E-state index in [2.05, 4.69) is 27.9 Å². The van der Waals surface area contributed by atoms with Crippen LogP contribution in [0.4, 0.5) is 0 Å². The van der Waals surface area contributed by atoms with Crippen molar-refractivity contribution in [2.45, 2.75) is 6.54 Å². The number of carbonyl (C=O) groups excluding carboxylic acids is 1. The number of aryl methyl sites for hydroxylation is 1. The third kappa shape index (κ3) is 2.88. The van der Waals surface area contributed by atoms with Gasteiger partial charge in [0.1, 0.15) is 0 Å². The van der Waals surface area contributed by atoms with Gasteiger partial charge in [-0.15, -0.1) is 0 Å². The van der Waals surface area contributed by atoms with Crippen LogP contribution in [0.2, 0.25) is 0 Å². The van der Waals surface area contributed by atoms with Crippen molar-refractivity contribution < 1.29 is 4.79 Å². The zero-order chi connectivity index (χ0) is 12.3. The highest BCUT2D eigenvalue weighted by Gasteiger charge is 2.08. The van der Waals surface area contributed by atoms with Crippen LogP contribution in [0.25, 0.3) is 0 Å². The zero-order valence-corrected chi connectivity index (χ0v) is 11.6. The maximum atomic E-state index is 11.9. The summed E-state index contributed by atoms with van der Waals surface area (Å²) in [7, 11) is 1.97. The molecule has 4 heteroatoms. The van der Waals surface area contributed by atoms with Crippen molar-refractivity contribution in [1.82, 2.24) is 9.88 Å².